The van der Waals surface area contributed by atoms with Crippen LogP contribution in [0.5, 0.6) is 0 Å². The SMILES string of the molecule is CC(C)(C)OC(=O)N1CCC[C@@H](N)[C@H]1C(F)(F)F. The summed E-state index contributed by atoms with van der Waals surface area (Å²) in [5.41, 5.74) is 4.66. The third-order valence-corrected chi connectivity index (χ3v) is 2.64. The van der Waals surface area contributed by atoms with E-state index in [0.717, 1.165) is 0 Å². The first-order valence-corrected chi connectivity index (χ1v) is 5.84. The van der Waals surface area contributed by atoms with Crippen molar-refractivity contribution in [3.63, 3.8) is 0 Å². The fourth-order valence-corrected chi connectivity index (χ4v) is 1.97. The Morgan fingerprint density at radius 2 is 1.89 bits per heavy atom. The Labute approximate surface area is 104 Å². The van der Waals surface area contributed by atoms with E-state index in [4.69, 9.17) is 10.5 Å². The van der Waals surface area contributed by atoms with Crippen LogP contribution < -0.4 is 5.73 Å². The van der Waals surface area contributed by atoms with Crippen LogP contribution in [-0.2, 0) is 4.74 Å². The lowest BCUT2D eigenvalue weighted by Gasteiger charge is -2.40. The highest BCUT2D eigenvalue weighted by molar-refractivity contribution is 5.69. The normalized spacial score (nSPS) is 26.1. The number of halogens is 3. The predicted octanol–water partition coefficient (Wildman–Crippen LogP) is 2.28. The van der Waals surface area contributed by atoms with Crippen LogP contribution >= 0.6 is 0 Å². The molecule has 0 saturated carbocycles. The van der Waals surface area contributed by atoms with E-state index in [-0.39, 0.29) is 13.0 Å². The zero-order chi connectivity index (χ0) is 14.1. The van der Waals surface area contributed by atoms with Crippen molar-refractivity contribution in [3.05, 3.63) is 0 Å². The number of ether oxygens (including phenoxy) is 1. The van der Waals surface area contributed by atoms with Crippen LogP contribution in [-0.4, -0.2) is 41.4 Å². The predicted molar refractivity (Wildman–Crippen MR) is 60.0 cm³/mol. The zero-order valence-electron chi connectivity index (χ0n) is 10.8. The molecule has 0 radical (unpaired) electrons. The molecule has 7 heteroatoms. The summed E-state index contributed by atoms with van der Waals surface area (Å²) in [4.78, 5) is 12.5. The van der Waals surface area contributed by atoms with Crippen molar-refractivity contribution in [1.82, 2.24) is 4.90 Å². The summed E-state index contributed by atoms with van der Waals surface area (Å²) in [6, 6.07) is -3.05. The fourth-order valence-electron chi connectivity index (χ4n) is 1.97. The highest BCUT2D eigenvalue weighted by Gasteiger charge is 2.51. The molecule has 1 aliphatic heterocycles. The molecule has 0 aliphatic carbocycles. The largest absolute Gasteiger partial charge is 0.444 e. The van der Waals surface area contributed by atoms with Gasteiger partial charge in [0.05, 0.1) is 0 Å². The Morgan fingerprint density at radius 3 is 2.33 bits per heavy atom. The Kier molecular flexibility index (Phi) is 4.15. The van der Waals surface area contributed by atoms with E-state index in [1.807, 2.05) is 0 Å². The lowest BCUT2D eigenvalue weighted by atomic mass is 9.97. The summed E-state index contributed by atoms with van der Waals surface area (Å²) < 4.78 is 43.7. The summed E-state index contributed by atoms with van der Waals surface area (Å²) in [7, 11) is 0. The molecule has 0 spiro atoms. The first kappa shape index (κ1) is 15.1. The molecule has 18 heavy (non-hydrogen) atoms. The van der Waals surface area contributed by atoms with Crippen molar-refractivity contribution >= 4 is 6.09 Å². The number of amides is 1. The molecule has 1 amide bonds. The lowest BCUT2D eigenvalue weighted by molar-refractivity contribution is -0.191. The number of nitrogens with zero attached hydrogens (tertiary/aromatic N) is 1. The quantitative estimate of drug-likeness (QED) is 0.733. The van der Waals surface area contributed by atoms with Crippen molar-refractivity contribution in [2.45, 2.75) is 57.5 Å². The van der Waals surface area contributed by atoms with Crippen molar-refractivity contribution in [3.8, 4) is 0 Å². The topological polar surface area (TPSA) is 55.6 Å². The second kappa shape index (κ2) is 4.95. The van der Waals surface area contributed by atoms with Gasteiger partial charge < -0.3 is 10.5 Å². The van der Waals surface area contributed by atoms with Crippen LogP contribution in [0.3, 0.4) is 0 Å². The molecule has 1 heterocycles. The van der Waals surface area contributed by atoms with Gasteiger partial charge in [-0.05, 0) is 33.6 Å². The summed E-state index contributed by atoms with van der Waals surface area (Å²) in [6.07, 6.45) is -4.78. The molecule has 1 fully saturated rings. The van der Waals surface area contributed by atoms with E-state index in [1.165, 1.54) is 0 Å². The highest BCUT2D eigenvalue weighted by atomic mass is 19.4. The van der Waals surface area contributed by atoms with Gasteiger partial charge in [0.25, 0.3) is 0 Å². The van der Waals surface area contributed by atoms with Crippen LogP contribution in [0.15, 0.2) is 0 Å². The molecule has 0 unspecified atom stereocenters. The molecule has 4 nitrogen and oxygen atoms in total. The Balaban J connectivity index is 2.87. The van der Waals surface area contributed by atoms with E-state index in [1.54, 1.807) is 20.8 Å². The van der Waals surface area contributed by atoms with Gasteiger partial charge in [-0.25, -0.2) is 4.79 Å². The monoisotopic (exact) mass is 268 g/mol. The van der Waals surface area contributed by atoms with Crippen molar-refractivity contribution in [2.75, 3.05) is 6.54 Å². The van der Waals surface area contributed by atoms with Gasteiger partial charge in [0.2, 0.25) is 0 Å². The average molecular weight is 268 g/mol. The van der Waals surface area contributed by atoms with Gasteiger partial charge in [0.15, 0.2) is 0 Å². The van der Waals surface area contributed by atoms with E-state index < -0.39 is 30.0 Å². The standard InChI is InChI=1S/C11H19F3N2O2/c1-10(2,3)18-9(17)16-6-4-5-7(15)8(16)11(12,13)14/h7-8H,4-6,15H2,1-3H3/t7-,8+/m1/s1. The van der Waals surface area contributed by atoms with Gasteiger partial charge in [-0.3, -0.25) is 4.90 Å². The van der Waals surface area contributed by atoms with Crippen LogP contribution in [0.25, 0.3) is 0 Å². The smallest absolute Gasteiger partial charge is 0.410 e. The summed E-state index contributed by atoms with van der Waals surface area (Å²) in [5.74, 6) is 0. The molecule has 0 bridgehead atoms. The minimum Gasteiger partial charge on any atom is -0.444 e. The lowest BCUT2D eigenvalue weighted by Crippen LogP contribution is -2.61. The number of hydrogen-bond acceptors (Lipinski definition) is 3. The molecular weight excluding hydrogens is 249 g/mol. The van der Waals surface area contributed by atoms with Crippen LogP contribution in [0.2, 0.25) is 0 Å². The first-order valence-electron chi connectivity index (χ1n) is 5.84. The molecule has 0 aromatic rings. The van der Waals surface area contributed by atoms with Gasteiger partial charge in [0.1, 0.15) is 11.6 Å². The van der Waals surface area contributed by atoms with Gasteiger partial charge in [0, 0.05) is 12.6 Å². The molecular formula is C11H19F3N2O2. The van der Waals surface area contributed by atoms with Gasteiger partial charge in [-0.1, -0.05) is 0 Å². The number of nitrogens with two attached hydrogens (primary N) is 1. The zero-order valence-corrected chi connectivity index (χ0v) is 10.8. The molecule has 2 atom stereocenters. The maximum atomic E-state index is 12.9. The summed E-state index contributed by atoms with van der Waals surface area (Å²) in [6.45, 7) is 4.85. The molecule has 2 N–H and O–H groups in total. The maximum Gasteiger partial charge on any atom is 0.410 e. The summed E-state index contributed by atoms with van der Waals surface area (Å²) >= 11 is 0. The highest BCUT2D eigenvalue weighted by Crippen LogP contribution is 2.32. The van der Waals surface area contributed by atoms with E-state index in [2.05, 4.69) is 0 Å². The van der Waals surface area contributed by atoms with Crippen molar-refractivity contribution in [1.29, 1.82) is 0 Å². The van der Waals surface area contributed by atoms with Gasteiger partial charge >= 0.3 is 12.3 Å². The van der Waals surface area contributed by atoms with E-state index in [0.29, 0.717) is 11.3 Å². The number of carbonyl (C=O) groups is 1. The number of hydrogen-bond donors (Lipinski definition) is 1. The van der Waals surface area contributed by atoms with E-state index in [9.17, 15) is 18.0 Å². The number of piperidine rings is 1. The molecule has 1 rings (SSSR count). The minimum atomic E-state index is -4.53. The first-order chi connectivity index (χ1) is 8.02. The van der Waals surface area contributed by atoms with Crippen molar-refractivity contribution in [2.24, 2.45) is 5.73 Å². The Bertz CT molecular complexity index is 312. The molecule has 0 aromatic heterocycles. The number of alkyl halides is 3. The summed E-state index contributed by atoms with van der Waals surface area (Å²) in [5, 5.41) is 0. The Morgan fingerprint density at radius 1 is 1.33 bits per heavy atom. The maximum absolute atomic E-state index is 12.9. The third-order valence-electron chi connectivity index (χ3n) is 2.64. The number of likely N-dealkylation sites (tertiary alicyclic amines) is 1. The molecule has 1 aliphatic rings. The average Bonchev–Trinajstić information content (AvgIpc) is 2.12. The second-order valence-corrected chi connectivity index (χ2v) is 5.47. The van der Waals surface area contributed by atoms with Crippen LogP contribution in [0, 0.1) is 0 Å². The van der Waals surface area contributed by atoms with Gasteiger partial charge in [-0.2, -0.15) is 13.2 Å². The number of rotatable bonds is 0. The van der Waals surface area contributed by atoms with Crippen LogP contribution in [0.4, 0.5) is 18.0 Å². The Hall–Kier alpha value is -0.980. The molecule has 106 valence electrons. The molecule has 0 aromatic carbocycles. The fraction of sp³-hybridized carbons (Fsp3) is 0.909. The van der Waals surface area contributed by atoms with Crippen molar-refractivity contribution < 1.29 is 22.7 Å². The minimum absolute atomic E-state index is 0.0206. The third kappa shape index (κ3) is 3.76. The van der Waals surface area contributed by atoms with Crippen LogP contribution in [0.1, 0.15) is 33.6 Å². The van der Waals surface area contributed by atoms with E-state index >= 15 is 0 Å². The molecule has 1 saturated heterocycles. The van der Waals surface area contributed by atoms with Gasteiger partial charge in [-0.15, -0.1) is 0 Å². The number of carbonyl (C=O) groups excluding carboxylic acids is 1. The second-order valence-electron chi connectivity index (χ2n) is 5.47.